The number of rotatable bonds is 4. The van der Waals surface area contributed by atoms with E-state index in [0.717, 1.165) is 0 Å². The molecule has 0 saturated heterocycles. The van der Waals surface area contributed by atoms with E-state index in [2.05, 4.69) is 20.6 Å². The lowest BCUT2D eigenvalue weighted by Gasteiger charge is -2.05. The summed E-state index contributed by atoms with van der Waals surface area (Å²) in [5, 5.41) is 13.5. The number of carbonyl (C=O) groups is 1. The van der Waals surface area contributed by atoms with Crippen LogP contribution in [0.3, 0.4) is 0 Å². The first-order valence-corrected chi connectivity index (χ1v) is 7.26. The predicted molar refractivity (Wildman–Crippen MR) is 84.3 cm³/mol. The number of aromatic amines is 1. The fourth-order valence-corrected chi connectivity index (χ4v) is 2.35. The lowest BCUT2D eigenvalue weighted by atomic mass is 10.2. The van der Waals surface area contributed by atoms with Gasteiger partial charge in [-0.15, -0.1) is 0 Å². The number of carbonyl (C=O) groups excluding carboxylic acids is 1. The lowest BCUT2D eigenvalue weighted by molar-refractivity contribution is 0.102. The summed E-state index contributed by atoms with van der Waals surface area (Å²) in [4.78, 5) is 12.0. The smallest absolute Gasteiger partial charge is 0.276 e. The van der Waals surface area contributed by atoms with Crippen molar-refractivity contribution in [2.75, 3.05) is 5.32 Å². The van der Waals surface area contributed by atoms with Crippen LogP contribution in [0.5, 0.6) is 0 Å². The van der Waals surface area contributed by atoms with Gasteiger partial charge in [0.1, 0.15) is 11.5 Å². The maximum atomic E-state index is 13.0. The first kappa shape index (κ1) is 15.5. The van der Waals surface area contributed by atoms with Crippen LogP contribution >= 0.6 is 23.2 Å². The summed E-state index contributed by atoms with van der Waals surface area (Å²) in [6.07, 6.45) is 3.01. The molecule has 2 N–H and O–H groups in total. The summed E-state index contributed by atoms with van der Waals surface area (Å²) in [6, 6.07) is 5.78. The highest BCUT2D eigenvalue weighted by atomic mass is 35.5. The highest BCUT2D eigenvalue weighted by molar-refractivity contribution is 6.34. The second-order valence-corrected chi connectivity index (χ2v) is 5.50. The summed E-state index contributed by atoms with van der Waals surface area (Å²) in [5.74, 6) is -0.500. The van der Waals surface area contributed by atoms with Gasteiger partial charge in [-0.05, 0) is 17.7 Å². The Labute approximate surface area is 140 Å². The fraction of sp³-hybridized carbons (Fsp3) is 0.0714. The Morgan fingerprint density at radius 2 is 2.13 bits per heavy atom. The second-order valence-electron chi connectivity index (χ2n) is 4.68. The van der Waals surface area contributed by atoms with Crippen molar-refractivity contribution in [3.63, 3.8) is 0 Å². The summed E-state index contributed by atoms with van der Waals surface area (Å²) < 4.78 is 14.6. The third kappa shape index (κ3) is 3.52. The molecule has 1 amide bonds. The number of H-pyrrole nitrogens is 1. The van der Waals surface area contributed by atoms with Gasteiger partial charge in [0.15, 0.2) is 5.82 Å². The second kappa shape index (κ2) is 6.39. The van der Waals surface area contributed by atoms with E-state index in [0.29, 0.717) is 22.9 Å². The van der Waals surface area contributed by atoms with Crippen molar-refractivity contribution in [1.82, 2.24) is 20.0 Å². The van der Waals surface area contributed by atoms with E-state index in [-0.39, 0.29) is 10.7 Å². The van der Waals surface area contributed by atoms with Crippen LogP contribution in [0.1, 0.15) is 16.1 Å². The van der Waals surface area contributed by atoms with Gasteiger partial charge in [-0.1, -0.05) is 29.3 Å². The number of nitrogens with one attached hydrogen (secondary N) is 2. The average molecular weight is 354 g/mol. The van der Waals surface area contributed by atoms with E-state index < -0.39 is 11.7 Å². The number of amides is 1. The van der Waals surface area contributed by atoms with Crippen molar-refractivity contribution < 1.29 is 9.18 Å². The van der Waals surface area contributed by atoms with Crippen LogP contribution in [0, 0.1) is 5.82 Å². The van der Waals surface area contributed by atoms with Crippen LogP contribution in [-0.4, -0.2) is 25.9 Å². The van der Waals surface area contributed by atoms with Crippen molar-refractivity contribution in [2.45, 2.75) is 6.54 Å². The van der Waals surface area contributed by atoms with Gasteiger partial charge in [0.05, 0.1) is 17.8 Å². The third-order valence-corrected chi connectivity index (χ3v) is 3.69. The quantitative estimate of drug-likeness (QED) is 0.755. The molecule has 2 aromatic heterocycles. The van der Waals surface area contributed by atoms with Gasteiger partial charge in [0.25, 0.3) is 5.91 Å². The Morgan fingerprint density at radius 1 is 1.30 bits per heavy atom. The lowest BCUT2D eigenvalue weighted by Crippen LogP contribution is -2.14. The Balaban J connectivity index is 1.71. The maximum absolute atomic E-state index is 13.0. The summed E-state index contributed by atoms with van der Waals surface area (Å²) >= 11 is 11.8. The SMILES string of the molecule is O=C(Nc1ccn(Cc2ccc(F)cc2Cl)n1)c1[nH]ncc1Cl. The number of nitrogens with zero attached hydrogens (tertiary/aromatic N) is 3. The highest BCUT2D eigenvalue weighted by Crippen LogP contribution is 2.19. The molecule has 3 rings (SSSR count). The number of aromatic nitrogens is 4. The van der Waals surface area contributed by atoms with Crippen LogP contribution in [0.15, 0.2) is 36.7 Å². The number of hydrogen-bond donors (Lipinski definition) is 2. The highest BCUT2D eigenvalue weighted by Gasteiger charge is 2.14. The molecule has 0 fully saturated rings. The normalized spacial score (nSPS) is 10.7. The predicted octanol–water partition coefficient (Wildman–Crippen LogP) is 3.35. The standard InChI is InChI=1S/C14H10Cl2FN5O/c15-10-5-9(17)2-1-8(10)7-22-4-3-12(21-22)19-14(23)13-11(16)6-18-20-13/h1-6H,7H2,(H,18,20)(H,19,21,23). The molecule has 0 bridgehead atoms. The monoisotopic (exact) mass is 353 g/mol. The van der Waals surface area contributed by atoms with Crippen molar-refractivity contribution in [3.05, 3.63) is 63.8 Å². The zero-order valence-electron chi connectivity index (χ0n) is 11.6. The molecule has 23 heavy (non-hydrogen) atoms. The number of halogens is 3. The first-order chi connectivity index (χ1) is 11.0. The van der Waals surface area contributed by atoms with E-state index in [1.165, 1.54) is 18.3 Å². The minimum absolute atomic E-state index is 0.155. The molecule has 0 unspecified atom stereocenters. The molecule has 0 aliphatic heterocycles. The molecule has 0 spiro atoms. The van der Waals surface area contributed by atoms with Gasteiger partial charge >= 0.3 is 0 Å². The molecule has 0 atom stereocenters. The maximum Gasteiger partial charge on any atom is 0.276 e. The van der Waals surface area contributed by atoms with Gasteiger partial charge in [-0.2, -0.15) is 10.2 Å². The average Bonchev–Trinajstić information content (AvgIpc) is 3.11. The largest absolute Gasteiger partial charge is 0.304 e. The molecule has 0 saturated carbocycles. The number of benzene rings is 1. The van der Waals surface area contributed by atoms with E-state index in [1.807, 2.05) is 0 Å². The summed E-state index contributed by atoms with van der Waals surface area (Å²) in [7, 11) is 0. The number of anilines is 1. The minimum atomic E-state index is -0.447. The van der Waals surface area contributed by atoms with E-state index in [9.17, 15) is 9.18 Å². The zero-order valence-corrected chi connectivity index (χ0v) is 13.1. The molecule has 0 radical (unpaired) electrons. The molecule has 0 aliphatic rings. The number of hydrogen-bond acceptors (Lipinski definition) is 3. The summed E-state index contributed by atoms with van der Waals surface area (Å²) in [5.41, 5.74) is 0.869. The Bertz CT molecular complexity index is 860. The third-order valence-electron chi connectivity index (χ3n) is 3.05. The van der Waals surface area contributed by atoms with Gasteiger partial charge in [0, 0.05) is 17.3 Å². The van der Waals surface area contributed by atoms with Crippen LogP contribution < -0.4 is 5.32 Å². The molecule has 0 aliphatic carbocycles. The van der Waals surface area contributed by atoms with Gasteiger partial charge in [-0.25, -0.2) is 4.39 Å². The van der Waals surface area contributed by atoms with Crippen LogP contribution in [0.4, 0.5) is 10.2 Å². The Morgan fingerprint density at radius 3 is 2.83 bits per heavy atom. The van der Waals surface area contributed by atoms with Crippen LogP contribution in [0.2, 0.25) is 10.0 Å². The van der Waals surface area contributed by atoms with Gasteiger partial charge < -0.3 is 5.32 Å². The molecular formula is C14H10Cl2FN5O. The molecule has 1 aromatic carbocycles. The molecule has 3 aromatic rings. The molecule has 6 nitrogen and oxygen atoms in total. The molecule has 2 heterocycles. The van der Waals surface area contributed by atoms with Gasteiger partial charge in [-0.3, -0.25) is 14.6 Å². The Kier molecular flexibility index (Phi) is 4.31. The van der Waals surface area contributed by atoms with E-state index in [4.69, 9.17) is 23.2 Å². The van der Waals surface area contributed by atoms with Crippen molar-refractivity contribution in [1.29, 1.82) is 0 Å². The van der Waals surface area contributed by atoms with Crippen molar-refractivity contribution in [2.24, 2.45) is 0 Å². The van der Waals surface area contributed by atoms with Crippen molar-refractivity contribution >= 4 is 34.9 Å². The van der Waals surface area contributed by atoms with Gasteiger partial charge in [0.2, 0.25) is 0 Å². The fourth-order valence-electron chi connectivity index (χ4n) is 1.95. The first-order valence-electron chi connectivity index (χ1n) is 6.50. The molecule has 9 heteroatoms. The molecule has 118 valence electrons. The van der Waals surface area contributed by atoms with E-state index in [1.54, 1.807) is 23.0 Å². The summed E-state index contributed by atoms with van der Waals surface area (Å²) in [6.45, 7) is 0.347. The zero-order chi connectivity index (χ0) is 16.4. The topological polar surface area (TPSA) is 75.6 Å². The van der Waals surface area contributed by atoms with Crippen LogP contribution in [-0.2, 0) is 6.54 Å². The van der Waals surface area contributed by atoms with Crippen molar-refractivity contribution in [3.8, 4) is 0 Å². The van der Waals surface area contributed by atoms with Crippen LogP contribution in [0.25, 0.3) is 0 Å². The van der Waals surface area contributed by atoms with E-state index >= 15 is 0 Å². The minimum Gasteiger partial charge on any atom is -0.304 e. The Hall–Kier alpha value is -2.38. The molecular weight excluding hydrogens is 344 g/mol.